The zero-order valence-electron chi connectivity index (χ0n) is 12.1. The summed E-state index contributed by atoms with van der Waals surface area (Å²) in [4.78, 5) is 2.59. The standard InChI is InChI=1S/C15H30N2O/c1-3-17(14-7-5-4-6-8-14)11-15(2,12-18)16-13-9-10-13/h13-14,16,18H,3-12H2,1-2H3. The van der Waals surface area contributed by atoms with Crippen molar-refractivity contribution in [2.75, 3.05) is 19.7 Å². The molecule has 2 aliphatic rings. The highest BCUT2D eigenvalue weighted by Crippen LogP contribution is 2.26. The lowest BCUT2D eigenvalue weighted by Crippen LogP contribution is -2.56. The second-order valence-electron chi connectivity index (χ2n) is 6.49. The molecule has 106 valence electrons. The van der Waals surface area contributed by atoms with Crippen LogP contribution in [0.15, 0.2) is 0 Å². The molecule has 0 radical (unpaired) electrons. The maximum Gasteiger partial charge on any atom is 0.0623 e. The molecule has 3 nitrogen and oxygen atoms in total. The van der Waals surface area contributed by atoms with E-state index in [9.17, 15) is 5.11 Å². The molecular weight excluding hydrogens is 224 g/mol. The van der Waals surface area contributed by atoms with Gasteiger partial charge in [-0.15, -0.1) is 0 Å². The molecule has 0 aliphatic heterocycles. The second kappa shape index (κ2) is 6.36. The molecule has 0 aromatic carbocycles. The first-order chi connectivity index (χ1) is 8.67. The number of rotatable bonds is 7. The van der Waals surface area contributed by atoms with Gasteiger partial charge < -0.3 is 10.4 Å². The van der Waals surface area contributed by atoms with Crippen LogP contribution in [0.5, 0.6) is 0 Å². The van der Waals surface area contributed by atoms with Gasteiger partial charge in [0.15, 0.2) is 0 Å². The molecule has 2 N–H and O–H groups in total. The van der Waals surface area contributed by atoms with Crippen molar-refractivity contribution in [3.63, 3.8) is 0 Å². The van der Waals surface area contributed by atoms with E-state index in [1.165, 1.54) is 44.9 Å². The number of likely N-dealkylation sites (N-methyl/N-ethyl adjacent to an activating group) is 1. The van der Waals surface area contributed by atoms with Gasteiger partial charge in [0.1, 0.15) is 0 Å². The van der Waals surface area contributed by atoms with Crippen molar-refractivity contribution in [3.05, 3.63) is 0 Å². The highest BCUT2D eigenvalue weighted by Gasteiger charge is 2.34. The lowest BCUT2D eigenvalue weighted by molar-refractivity contribution is 0.0827. The predicted octanol–water partition coefficient (Wildman–Crippen LogP) is 2.14. The van der Waals surface area contributed by atoms with Crippen molar-refractivity contribution < 1.29 is 5.11 Å². The van der Waals surface area contributed by atoms with Crippen LogP contribution in [0.1, 0.15) is 58.8 Å². The van der Waals surface area contributed by atoms with E-state index in [-0.39, 0.29) is 12.1 Å². The van der Waals surface area contributed by atoms with Crippen LogP contribution in [0.25, 0.3) is 0 Å². The van der Waals surface area contributed by atoms with Crippen LogP contribution in [0.2, 0.25) is 0 Å². The molecule has 0 saturated heterocycles. The fraction of sp³-hybridized carbons (Fsp3) is 1.00. The summed E-state index contributed by atoms with van der Waals surface area (Å²) in [7, 11) is 0. The molecule has 18 heavy (non-hydrogen) atoms. The van der Waals surface area contributed by atoms with E-state index in [1.807, 2.05) is 0 Å². The molecule has 0 spiro atoms. The van der Waals surface area contributed by atoms with Crippen LogP contribution < -0.4 is 5.32 Å². The summed E-state index contributed by atoms with van der Waals surface area (Å²) in [5.41, 5.74) is -0.116. The Labute approximate surface area is 112 Å². The van der Waals surface area contributed by atoms with E-state index in [0.29, 0.717) is 6.04 Å². The average molecular weight is 254 g/mol. The largest absolute Gasteiger partial charge is 0.394 e. The van der Waals surface area contributed by atoms with Crippen LogP contribution in [-0.2, 0) is 0 Å². The molecule has 0 aromatic rings. The van der Waals surface area contributed by atoms with E-state index in [1.54, 1.807) is 0 Å². The Morgan fingerprint density at radius 2 is 1.83 bits per heavy atom. The van der Waals surface area contributed by atoms with Crippen LogP contribution in [-0.4, -0.2) is 47.3 Å². The van der Waals surface area contributed by atoms with Gasteiger partial charge in [-0.3, -0.25) is 4.90 Å². The minimum absolute atomic E-state index is 0.116. The van der Waals surface area contributed by atoms with E-state index in [2.05, 4.69) is 24.1 Å². The summed E-state index contributed by atoms with van der Waals surface area (Å²) in [5.74, 6) is 0. The zero-order valence-corrected chi connectivity index (χ0v) is 12.1. The summed E-state index contributed by atoms with van der Waals surface area (Å²) < 4.78 is 0. The maximum atomic E-state index is 9.72. The Morgan fingerprint density at radius 1 is 1.17 bits per heavy atom. The molecule has 2 fully saturated rings. The molecule has 1 unspecified atom stereocenters. The van der Waals surface area contributed by atoms with Gasteiger partial charge in [-0.2, -0.15) is 0 Å². The average Bonchev–Trinajstić information content (AvgIpc) is 3.21. The van der Waals surface area contributed by atoms with Gasteiger partial charge in [0.2, 0.25) is 0 Å². The fourth-order valence-electron chi connectivity index (χ4n) is 3.26. The fourth-order valence-corrected chi connectivity index (χ4v) is 3.26. The van der Waals surface area contributed by atoms with Crippen molar-refractivity contribution in [2.45, 2.75) is 76.4 Å². The van der Waals surface area contributed by atoms with Crippen LogP contribution >= 0.6 is 0 Å². The van der Waals surface area contributed by atoms with Gasteiger partial charge in [-0.1, -0.05) is 26.2 Å². The monoisotopic (exact) mass is 254 g/mol. The molecular formula is C15H30N2O. The summed E-state index contributed by atoms with van der Waals surface area (Å²) in [6.07, 6.45) is 9.43. The van der Waals surface area contributed by atoms with Gasteiger partial charge in [0.25, 0.3) is 0 Å². The first-order valence-electron chi connectivity index (χ1n) is 7.79. The maximum absolute atomic E-state index is 9.72. The molecule has 0 amide bonds. The van der Waals surface area contributed by atoms with Gasteiger partial charge >= 0.3 is 0 Å². The van der Waals surface area contributed by atoms with Gasteiger partial charge in [0, 0.05) is 18.6 Å². The zero-order chi connectivity index (χ0) is 13.0. The number of nitrogens with one attached hydrogen (secondary N) is 1. The van der Waals surface area contributed by atoms with E-state index >= 15 is 0 Å². The molecule has 2 saturated carbocycles. The normalized spacial score (nSPS) is 25.3. The highest BCUT2D eigenvalue weighted by molar-refractivity contribution is 4.95. The highest BCUT2D eigenvalue weighted by atomic mass is 16.3. The van der Waals surface area contributed by atoms with E-state index in [4.69, 9.17) is 0 Å². The number of aliphatic hydroxyl groups is 1. The molecule has 0 bridgehead atoms. The minimum atomic E-state index is -0.116. The van der Waals surface area contributed by atoms with Crippen molar-refractivity contribution >= 4 is 0 Å². The molecule has 0 aromatic heterocycles. The third-order valence-electron chi connectivity index (χ3n) is 4.53. The van der Waals surface area contributed by atoms with Gasteiger partial charge in [-0.05, 0) is 39.2 Å². The number of aliphatic hydroxyl groups excluding tert-OH is 1. The third-order valence-corrected chi connectivity index (χ3v) is 4.53. The van der Waals surface area contributed by atoms with Crippen molar-refractivity contribution in [3.8, 4) is 0 Å². The summed E-state index contributed by atoms with van der Waals surface area (Å²) in [6.45, 7) is 6.76. The molecule has 3 heteroatoms. The predicted molar refractivity (Wildman–Crippen MR) is 75.8 cm³/mol. The van der Waals surface area contributed by atoms with Crippen LogP contribution in [0, 0.1) is 0 Å². The lowest BCUT2D eigenvalue weighted by Gasteiger charge is -2.40. The first-order valence-corrected chi connectivity index (χ1v) is 7.79. The van der Waals surface area contributed by atoms with Crippen molar-refractivity contribution in [1.82, 2.24) is 10.2 Å². The quantitative estimate of drug-likeness (QED) is 0.731. The second-order valence-corrected chi connectivity index (χ2v) is 6.49. The summed E-state index contributed by atoms with van der Waals surface area (Å²) in [6, 6.07) is 1.41. The third kappa shape index (κ3) is 3.94. The topological polar surface area (TPSA) is 35.5 Å². The number of hydrogen-bond acceptors (Lipinski definition) is 3. The number of hydrogen-bond donors (Lipinski definition) is 2. The van der Waals surface area contributed by atoms with Crippen LogP contribution in [0.3, 0.4) is 0 Å². The molecule has 1 atom stereocenters. The van der Waals surface area contributed by atoms with Crippen LogP contribution in [0.4, 0.5) is 0 Å². The Hall–Kier alpha value is -0.120. The molecule has 2 rings (SSSR count). The number of nitrogens with zero attached hydrogens (tertiary/aromatic N) is 1. The van der Waals surface area contributed by atoms with Gasteiger partial charge in [0.05, 0.1) is 12.1 Å². The Balaban J connectivity index is 1.89. The van der Waals surface area contributed by atoms with Crippen molar-refractivity contribution in [1.29, 1.82) is 0 Å². The minimum Gasteiger partial charge on any atom is -0.394 e. The Kier molecular flexibility index (Phi) is 5.05. The van der Waals surface area contributed by atoms with E-state index in [0.717, 1.165) is 19.1 Å². The van der Waals surface area contributed by atoms with E-state index < -0.39 is 0 Å². The smallest absolute Gasteiger partial charge is 0.0623 e. The van der Waals surface area contributed by atoms with Gasteiger partial charge in [-0.25, -0.2) is 0 Å². The SMILES string of the molecule is CCN(CC(C)(CO)NC1CC1)C1CCCCC1. The molecule has 2 aliphatic carbocycles. The first kappa shape index (κ1) is 14.3. The Morgan fingerprint density at radius 3 is 2.33 bits per heavy atom. The van der Waals surface area contributed by atoms with Crippen molar-refractivity contribution in [2.24, 2.45) is 0 Å². The molecule has 0 heterocycles. The lowest BCUT2D eigenvalue weighted by atomic mass is 9.92. The summed E-state index contributed by atoms with van der Waals surface area (Å²) >= 11 is 0. The Bertz CT molecular complexity index is 249. The summed E-state index contributed by atoms with van der Waals surface area (Å²) in [5, 5.41) is 13.3.